The Balaban J connectivity index is 2.36. The van der Waals surface area contributed by atoms with Crippen molar-refractivity contribution in [2.24, 2.45) is 0 Å². The number of nitrogens with one attached hydrogen (secondary N) is 2. The number of hydrogen-bond donors (Lipinski definition) is 2. The first kappa shape index (κ1) is 29.0. The maximum absolute atomic E-state index is 13.9. The fraction of sp³-hybridized carbons (Fsp3) is 0.393. The lowest BCUT2D eigenvalue weighted by atomic mass is 10.0. The molecule has 2 rings (SSSR count). The maximum Gasteiger partial charge on any atom is 0.408 e. The second-order valence-electron chi connectivity index (χ2n) is 9.28. The lowest BCUT2D eigenvalue weighted by Crippen LogP contribution is -2.53. The van der Waals surface area contributed by atoms with Crippen LogP contribution in [-0.2, 0) is 20.9 Å². The Hall–Kier alpha value is -3.26. The first-order chi connectivity index (χ1) is 17.2. The van der Waals surface area contributed by atoms with E-state index in [9.17, 15) is 14.4 Å². The molecule has 2 atom stereocenters. The molecule has 7 nitrogen and oxygen atoms in total. The number of amides is 3. The van der Waals surface area contributed by atoms with E-state index in [0.29, 0.717) is 24.3 Å². The third kappa shape index (κ3) is 9.41. The number of benzene rings is 2. The average Bonchev–Trinajstić information content (AvgIpc) is 2.84. The van der Waals surface area contributed by atoms with Crippen molar-refractivity contribution >= 4 is 29.7 Å². The molecule has 2 N–H and O–H groups in total. The van der Waals surface area contributed by atoms with Crippen LogP contribution < -0.4 is 10.6 Å². The Labute approximate surface area is 218 Å². The summed E-state index contributed by atoms with van der Waals surface area (Å²) in [6, 6.07) is 16.9. The van der Waals surface area contributed by atoms with Crippen LogP contribution in [0.2, 0.25) is 0 Å². The van der Waals surface area contributed by atoms with Crippen LogP contribution in [0.25, 0.3) is 0 Å². The molecule has 0 heterocycles. The van der Waals surface area contributed by atoms with Gasteiger partial charge in [0.15, 0.2) is 0 Å². The maximum atomic E-state index is 13.9. The van der Waals surface area contributed by atoms with Crippen molar-refractivity contribution in [2.75, 3.05) is 18.6 Å². The van der Waals surface area contributed by atoms with Gasteiger partial charge in [0.1, 0.15) is 17.7 Å². The number of nitrogens with zero attached hydrogens (tertiary/aromatic N) is 1. The molecule has 0 bridgehead atoms. The summed E-state index contributed by atoms with van der Waals surface area (Å²) < 4.78 is 5.39. The van der Waals surface area contributed by atoms with E-state index in [1.165, 1.54) is 4.90 Å². The topological polar surface area (TPSA) is 87.7 Å². The van der Waals surface area contributed by atoms with E-state index in [4.69, 9.17) is 4.74 Å². The molecule has 0 saturated carbocycles. The minimum absolute atomic E-state index is 0.128. The molecule has 3 amide bonds. The summed E-state index contributed by atoms with van der Waals surface area (Å²) in [6.45, 7) is 9.54. The molecule has 8 heteroatoms. The fourth-order valence-electron chi connectivity index (χ4n) is 3.59. The fourth-order valence-corrected chi connectivity index (χ4v) is 4.07. The van der Waals surface area contributed by atoms with Gasteiger partial charge < -0.3 is 20.3 Å². The van der Waals surface area contributed by atoms with Gasteiger partial charge in [0.25, 0.3) is 0 Å². The summed E-state index contributed by atoms with van der Waals surface area (Å²) in [5.74, 6) is -0.0516. The largest absolute Gasteiger partial charge is 0.444 e. The van der Waals surface area contributed by atoms with E-state index in [0.717, 1.165) is 5.56 Å². The quantitative estimate of drug-likeness (QED) is 0.403. The Morgan fingerprint density at radius 1 is 1.06 bits per heavy atom. The number of thioether (sulfide) groups is 1. The van der Waals surface area contributed by atoms with Gasteiger partial charge in [-0.3, -0.25) is 9.59 Å². The average molecular weight is 512 g/mol. The van der Waals surface area contributed by atoms with Gasteiger partial charge in [-0.2, -0.15) is 11.8 Å². The van der Waals surface area contributed by atoms with Gasteiger partial charge in [-0.15, -0.1) is 6.58 Å². The van der Waals surface area contributed by atoms with Crippen LogP contribution in [0.4, 0.5) is 4.79 Å². The van der Waals surface area contributed by atoms with Gasteiger partial charge in [0, 0.05) is 13.1 Å². The standard InChI is InChI=1S/C28H37N3O4S/c1-6-18-31(26(33)23(17-19-36-5)30-27(34)35-28(2,3)4)24(22-15-11-8-12-16-22)25(32)29-20-21-13-9-7-10-14-21/h6-16,23-24H,1,17-20H2,2-5H3,(H,29,32)(H,30,34). The summed E-state index contributed by atoms with van der Waals surface area (Å²) >= 11 is 1.57. The molecule has 0 aliphatic rings. The second-order valence-corrected chi connectivity index (χ2v) is 10.3. The summed E-state index contributed by atoms with van der Waals surface area (Å²) in [7, 11) is 0. The Morgan fingerprint density at radius 2 is 1.67 bits per heavy atom. The highest BCUT2D eigenvalue weighted by atomic mass is 32.2. The van der Waals surface area contributed by atoms with E-state index in [-0.39, 0.29) is 18.4 Å². The molecule has 0 spiro atoms. The minimum atomic E-state index is -0.905. The molecule has 0 radical (unpaired) electrons. The monoisotopic (exact) mass is 511 g/mol. The van der Waals surface area contributed by atoms with Gasteiger partial charge in [-0.25, -0.2) is 4.79 Å². The predicted octanol–water partition coefficient (Wildman–Crippen LogP) is 4.71. The molecule has 0 fully saturated rings. The Bertz CT molecular complexity index is 993. The zero-order valence-electron chi connectivity index (χ0n) is 21.5. The number of hydrogen-bond acceptors (Lipinski definition) is 5. The van der Waals surface area contributed by atoms with Crippen molar-refractivity contribution in [3.8, 4) is 0 Å². The highest BCUT2D eigenvalue weighted by Crippen LogP contribution is 2.23. The normalized spacial score (nSPS) is 12.7. The van der Waals surface area contributed by atoms with Crippen molar-refractivity contribution < 1.29 is 19.1 Å². The summed E-state index contributed by atoms with van der Waals surface area (Å²) in [6.07, 6.45) is 3.22. The van der Waals surface area contributed by atoms with Crippen LogP contribution in [0.5, 0.6) is 0 Å². The second kappa shape index (κ2) is 14.3. The van der Waals surface area contributed by atoms with Crippen molar-refractivity contribution in [3.05, 3.63) is 84.4 Å². The first-order valence-corrected chi connectivity index (χ1v) is 13.3. The van der Waals surface area contributed by atoms with Gasteiger partial charge >= 0.3 is 6.09 Å². The summed E-state index contributed by atoms with van der Waals surface area (Å²) in [4.78, 5) is 41.4. The van der Waals surface area contributed by atoms with E-state index >= 15 is 0 Å². The summed E-state index contributed by atoms with van der Waals surface area (Å²) in [5.41, 5.74) is 0.907. The third-order valence-electron chi connectivity index (χ3n) is 5.19. The first-order valence-electron chi connectivity index (χ1n) is 11.9. The van der Waals surface area contributed by atoms with Gasteiger partial charge in [-0.05, 0) is 50.3 Å². The van der Waals surface area contributed by atoms with Gasteiger partial charge in [-0.1, -0.05) is 66.7 Å². The Kier molecular flexibility index (Phi) is 11.5. The lowest BCUT2D eigenvalue weighted by molar-refractivity contribution is -0.142. The van der Waals surface area contributed by atoms with Crippen molar-refractivity contribution in [3.63, 3.8) is 0 Å². The SMILES string of the molecule is C=CCN(C(=O)C(CCSC)NC(=O)OC(C)(C)C)C(C(=O)NCc1ccccc1)c1ccccc1. The minimum Gasteiger partial charge on any atom is -0.444 e. The highest BCUT2D eigenvalue weighted by Gasteiger charge is 2.35. The molecule has 0 aliphatic heterocycles. The predicted molar refractivity (Wildman–Crippen MR) is 146 cm³/mol. The van der Waals surface area contributed by atoms with Crippen LogP contribution in [0.3, 0.4) is 0 Å². The van der Waals surface area contributed by atoms with Crippen LogP contribution in [0, 0.1) is 0 Å². The van der Waals surface area contributed by atoms with Crippen LogP contribution >= 0.6 is 11.8 Å². The van der Waals surface area contributed by atoms with Gasteiger partial charge in [0.2, 0.25) is 11.8 Å². The van der Waals surface area contributed by atoms with Crippen LogP contribution in [-0.4, -0.2) is 53.0 Å². The van der Waals surface area contributed by atoms with Gasteiger partial charge in [0.05, 0.1) is 0 Å². The molecule has 36 heavy (non-hydrogen) atoms. The zero-order chi connectivity index (χ0) is 26.6. The molecule has 194 valence electrons. The van der Waals surface area contributed by atoms with Crippen molar-refractivity contribution in [1.82, 2.24) is 15.5 Å². The number of ether oxygens (including phenoxy) is 1. The molecule has 0 aliphatic carbocycles. The smallest absolute Gasteiger partial charge is 0.408 e. The van der Waals surface area contributed by atoms with E-state index in [1.807, 2.05) is 66.9 Å². The molecule has 2 aromatic carbocycles. The molecule has 2 aromatic rings. The molecule has 2 unspecified atom stereocenters. The lowest BCUT2D eigenvalue weighted by Gasteiger charge is -2.34. The zero-order valence-corrected chi connectivity index (χ0v) is 22.3. The molecular formula is C28H37N3O4S. The van der Waals surface area contributed by atoms with E-state index < -0.39 is 23.8 Å². The van der Waals surface area contributed by atoms with Crippen LogP contribution in [0.1, 0.15) is 44.4 Å². The number of alkyl carbamates (subject to hydrolysis) is 1. The number of rotatable bonds is 12. The van der Waals surface area contributed by atoms with Crippen LogP contribution in [0.15, 0.2) is 73.3 Å². The molecule has 0 aromatic heterocycles. The third-order valence-corrected chi connectivity index (χ3v) is 5.84. The van der Waals surface area contributed by atoms with E-state index in [1.54, 1.807) is 38.6 Å². The Morgan fingerprint density at radius 3 is 2.22 bits per heavy atom. The van der Waals surface area contributed by atoms with Crippen molar-refractivity contribution in [1.29, 1.82) is 0 Å². The van der Waals surface area contributed by atoms with Crippen molar-refractivity contribution in [2.45, 2.75) is 51.4 Å². The number of carbonyl (C=O) groups is 3. The number of carbonyl (C=O) groups excluding carboxylic acids is 3. The van der Waals surface area contributed by atoms with E-state index in [2.05, 4.69) is 17.2 Å². The highest BCUT2D eigenvalue weighted by molar-refractivity contribution is 7.98. The molecular weight excluding hydrogens is 474 g/mol. The summed E-state index contributed by atoms with van der Waals surface area (Å²) in [5, 5.41) is 5.68. The molecule has 0 saturated heterocycles.